The minimum absolute atomic E-state index is 0.250. The Balaban J connectivity index is 1.74. The largest absolute Gasteiger partial charge is 0.462 e. The number of nitrogens with zero attached hydrogens (tertiary/aromatic N) is 1. The zero-order valence-electron chi connectivity index (χ0n) is 10.5. The maximum Gasteiger partial charge on any atom is 0.338 e. The fraction of sp³-hybridized carbons (Fsp3) is 0.500. The third-order valence-corrected chi connectivity index (χ3v) is 3.98. The number of rotatable bonds is 3. The van der Waals surface area contributed by atoms with Gasteiger partial charge in [0.05, 0.1) is 12.2 Å². The zero-order valence-corrected chi connectivity index (χ0v) is 10.5. The number of carbonyl (C=O) groups is 1. The lowest BCUT2D eigenvalue weighted by Gasteiger charge is -2.21. The Labute approximate surface area is 107 Å². The van der Waals surface area contributed by atoms with Crippen molar-refractivity contribution in [2.75, 3.05) is 24.6 Å². The minimum Gasteiger partial charge on any atom is -0.462 e. The molecule has 18 heavy (non-hydrogen) atoms. The summed E-state index contributed by atoms with van der Waals surface area (Å²) in [6.07, 6.45) is 0. The van der Waals surface area contributed by atoms with Crippen molar-refractivity contribution in [1.82, 2.24) is 0 Å². The van der Waals surface area contributed by atoms with Crippen LogP contribution in [0.2, 0.25) is 0 Å². The van der Waals surface area contributed by atoms with Crippen LogP contribution < -0.4 is 10.6 Å². The number of piperidine rings is 1. The molecule has 1 saturated heterocycles. The van der Waals surface area contributed by atoms with Crippen LogP contribution in [0.15, 0.2) is 24.3 Å². The van der Waals surface area contributed by atoms with Crippen LogP contribution >= 0.6 is 0 Å². The van der Waals surface area contributed by atoms with E-state index in [9.17, 15) is 4.79 Å². The average molecular weight is 246 g/mol. The molecule has 1 heterocycles. The van der Waals surface area contributed by atoms with E-state index in [0.717, 1.165) is 18.8 Å². The van der Waals surface area contributed by atoms with Gasteiger partial charge >= 0.3 is 5.97 Å². The number of hydrogen-bond acceptors (Lipinski definition) is 4. The van der Waals surface area contributed by atoms with Gasteiger partial charge in [-0.25, -0.2) is 4.79 Å². The van der Waals surface area contributed by atoms with Crippen molar-refractivity contribution in [3.8, 4) is 0 Å². The van der Waals surface area contributed by atoms with E-state index in [4.69, 9.17) is 10.5 Å². The van der Waals surface area contributed by atoms with E-state index < -0.39 is 0 Å². The molecule has 2 fully saturated rings. The van der Waals surface area contributed by atoms with Crippen LogP contribution in [0, 0.1) is 11.8 Å². The lowest BCUT2D eigenvalue weighted by atomic mass is 10.2. The number of benzene rings is 1. The van der Waals surface area contributed by atoms with E-state index in [2.05, 4.69) is 4.90 Å². The van der Waals surface area contributed by atoms with Gasteiger partial charge in [0.25, 0.3) is 0 Å². The number of ether oxygens (including phenoxy) is 1. The molecule has 3 rings (SSSR count). The first-order valence-electron chi connectivity index (χ1n) is 6.48. The Kier molecular flexibility index (Phi) is 2.74. The lowest BCUT2D eigenvalue weighted by Crippen LogP contribution is -2.28. The molecule has 0 spiro atoms. The molecule has 3 atom stereocenters. The summed E-state index contributed by atoms with van der Waals surface area (Å²) in [5, 5.41) is 0. The van der Waals surface area contributed by atoms with Crippen molar-refractivity contribution in [2.45, 2.75) is 13.0 Å². The van der Waals surface area contributed by atoms with E-state index in [-0.39, 0.29) is 5.97 Å². The molecule has 2 aliphatic rings. The van der Waals surface area contributed by atoms with Gasteiger partial charge in [-0.3, -0.25) is 0 Å². The normalized spacial score (nSPS) is 29.0. The standard InChI is InChI=1S/C14H18N2O2/c1-2-18-14(17)9-4-3-5-10(6-9)16-7-11-12(8-16)13(11)15/h3-6,11-13H,2,7-8,15H2,1H3/t11-,12+,13?. The summed E-state index contributed by atoms with van der Waals surface area (Å²) in [7, 11) is 0. The maximum absolute atomic E-state index is 11.7. The monoisotopic (exact) mass is 246 g/mol. The topological polar surface area (TPSA) is 55.6 Å². The molecular weight excluding hydrogens is 228 g/mol. The van der Waals surface area contributed by atoms with Gasteiger partial charge in [-0.1, -0.05) is 6.07 Å². The van der Waals surface area contributed by atoms with E-state index in [0.29, 0.717) is 30.0 Å². The van der Waals surface area contributed by atoms with Gasteiger partial charge in [-0.05, 0) is 37.0 Å². The minimum atomic E-state index is -0.250. The summed E-state index contributed by atoms with van der Waals surface area (Å²) in [6.45, 7) is 4.25. The maximum atomic E-state index is 11.7. The van der Waals surface area contributed by atoms with Crippen LogP contribution in [0.25, 0.3) is 0 Å². The van der Waals surface area contributed by atoms with E-state index >= 15 is 0 Å². The second kappa shape index (κ2) is 4.28. The molecule has 0 aromatic heterocycles. The first-order chi connectivity index (χ1) is 8.70. The Morgan fingerprint density at radius 1 is 1.44 bits per heavy atom. The molecule has 1 aliphatic heterocycles. The van der Waals surface area contributed by atoms with Crippen molar-refractivity contribution in [2.24, 2.45) is 17.6 Å². The first kappa shape index (κ1) is 11.5. The highest BCUT2D eigenvalue weighted by Gasteiger charge is 2.53. The van der Waals surface area contributed by atoms with Crippen molar-refractivity contribution in [3.63, 3.8) is 0 Å². The molecule has 4 heteroatoms. The van der Waals surface area contributed by atoms with E-state index in [1.54, 1.807) is 6.07 Å². The predicted octanol–water partition coefficient (Wildman–Crippen LogP) is 1.26. The highest BCUT2D eigenvalue weighted by atomic mass is 16.5. The van der Waals surface area contributed by atoms with Gasteiger partial charge in [-0.15, -0.1) is 0 Å². The van der Waals surface area contributed by atoms with Gasteiger partial charge in [0.1, 0.15) is 0 Å². The molecule has 0 amide bonds. The Morgan fingerprint density at radius 3 is 2.83 bits per heavy atom. The molecule has 2 N–H and O–H groups in total. The molecule has 1 saturated carbocycles. The molecule has 1 unspecified atom stereocenters. The van der Waals surface area contributed by atoms with Crippen molar-refractivity contribution in [1.29, 1.82) is 0 Å². The second-order valence-corrected chi connectivity index (χ2v) is 5.08. The molecule has 96 valence electrons. The molecule has 4 nitrogen and oxygen atoms in total. The average Bonchev–Trinajstić information content (AvgIpc) is 2.81. The molecule has 0 bridgehead atoms. The van der Waals surface area contributed by atoms with Gasteiger partial charge in [0, 0.05) is 24.8 Å². The highest BCUT2D eigenvalue weighted by molar-refractivity contribution is 5.90. The summed E-state index contributed by atoms with van der Waals surface area (Å²) in [5.74, 6) is 1.05. The van der Waals surface area contributed by atoms with Gasteiger partial charge in [0.2, 0.25) is 0 Å². The van der Waals surface area contributed by atoms with Crippen LogP contribution in [0.5, 0.6) is 0 Å². The van der Waals surface area contributed by atoms with Crippen molar-refractivity contribution in [3.05, 3.63) is 29.8 Å². The predicted molar refractivity (Wildman–Crippen MR) is 69.6 cm³/mol. The zero-order chi connectivity index (χ0) is 12.7. The lowest BCUT2D eigenvalue weighted by molar-refractivity contribution is 0.0526. The molecule has 1 aromatic rings. The van der Waals surface area contributed by atoms with Gasteiger partial charge in [-0.2, -0.15) is 0 Å². The number of hydrogen-bond donors (Lipinski definition) is 1. The van der Waals surface area contributed by atoms with Gasteiger partial charge in [0.15, 0.2) is 0 Å². The number of fused-ring (bicyclic) bond motifs is 1. The Hall–Kier alpha value is -1.55. The number of anilines is 1. The quantitative estimate of drug-likeness (QED) is 0.816. The SMILES string of the molecule is CCOC(=O)c1cccc(N2C[C@@H]3C(N)[C@@H]3C2)c1. The second-order valence-electron chi connectivity index (χ2n) is 5.08. The van der Waals surface area contributed by atoms with E-state index in [1.165, 1.54) is 0 Å². The smallest absolute Gasteiger partial charge is 0.338 e. The summed E-state index contributed by atoms with van der Waals surface area (Å²) in [6, 6.07) is 8.05. The van der Waals surface area contributed by atoms with Crippen molar-refractivity contribution < 1.29 is 9.53 Å². The van der Waals surface area contributed by atoms with Crippen molar-refractivity contribution >= 4 is 11.7 Å². The summed E-state index contributed by atoms with van der Waals surface area (Å²) in [5.41, 5.74) is 7.65. The fourth-order valence-corrected chi connectivity index (χ4v) is 2.83. The van der Waals surface area contributed by atoms with Crippen LogP contribution in [0.4, 0.5) is 5.69 Å². The van der Waals surface area contributed by atoms with Gasteiger partial charge < -0.3 is 15.4 Å². The number of carbonyl (C=O) groups excluding carboxylic acids is 1. The highest BCUT2D eigenvalue weighted by Crippen LogP contribution is 2.45. The summed E-state index contributed by atoms with van der Waals surface area (Å²) in [4.78, 5) is 14.0. The first-order valence-corrected chi connectivity index (χ1v) is 6.48. The third-order valence-electron chi connectivity index (χ3n) is 3.98. The molecule has 1 aromatic carbocycles. The molecule has 1 aliphatic carbocycles. The summed E-state index contributed by atoms with van der Waals surface area (Å²) >= 11 is 0. The van der Waals surface area contributed by atoms with Crippen LogP contribution in [0.1, 0.15) is 17.3 Å². The summed E-state index contributed by atoms with van der Waals surface area (Å²) < 4.78 is 5.02. The van der Waals surface area contributed by atoms with Crippen LogP contribution in [0.3, 0.4) is 0 Å². The van der Waals surface area contributed by atoms with Crippen LogP contribution in [-0.4, -0.2) is 31.7 Å². The Morgan fingerprint density at radius 2 is 2.17 bits per heavy atom. The Bertz CT molecular complexity index is 463. The third kappa shape index (κ3) is 1.86. The number of esters is 1. The molecular formula is C14H18N2O2. The number of nitrogens with two attached hydrogens (primary N) is 1. The van der Waals surface area contributed by atoms with Crippen LogP contribution in [-0.2, 0) is 4.74 Å². The molecule has 0 radical (unpaired) electrons. The van der Waals surface area contributed by atoms with E-state index in [1.807, 2.05) is 25.1 Å². The fourth-order valence-electron chi connectivity index (χ4n) is 2.83.